The summed E-state index contributed by atoms with van der Waals surface area (Å²) in [5.74, 6) is 0. The van der Waals surface area contributed by atoms with E-state index in [-0.39, 0.29) is 0 Å². The van der Waals surface area contributed by atoms with E-state index in [1.54, 1.807) is 0 Å². The van der Waals surface area contributed by atoms with E-state index in [0.29, 0.717) is 0 Å². The molecule has 0 unspecified atom stereocenters. The Kier molecular flexibility index (Phi) is 6.36. The van der Waals surface area contributed by atoms with Gasteiger partial charge in [-0.15, -0.1) is 11.3 Å². The van der Waals surface area contributed by atoms with Crippen molar-refractivity contribution in [2.75, 3.05) is 9.80 Å². The van der Waals surface area contributed by atoms with Crippen molar-refractivity contribution in [1.82, 2.24) is 0 Å². The zero-order valence-electron chi connectivity index (χ0n) is 23.5. The van der Waals surface area contributed by atoms with Gasteiger partial charge >= 0.3 is 0 Å². The molecule has 3 heteroatoms. The van der Waals surface area contributed by atoms with Crippen molar-refractivity contribution in [3.8, 4) is 0 Å². The summed E-state index contributed by atoms with van der Waals surface area (Å²) < 4.78 is 2.56. The second-order valence-corrected chi connectivity index (χ2v) is 11.7. The minimum Gasteiger partial charge on any atom is -0.310 e. The molecular formula is C40H28N2S. The minimum atomic E-state index is 1.14. The van der Waals surface area contributed by atoms with Crippen molar-refractivity contribution in [1.29, 1.82) is 0 Å². The lowest BCUT2D eigenvalue weighted by atomic mass is 10.1. The van der Waals surface area contributed by atoms with Gasteiger partial charge in [-0.25, -0.2) is 0 Å². The van der Waals surface area contributed by atoms with E-state index in [1.807, 2.05) is 11.3 Å². The van der Waals surface area contributed by atoms with Gasteiger partial charge in [-0.2, -0.15) is 0 Å². The molecule has 0 bridgehead atoms. The van der Waals surface area contributed by atoms with Crippen LogP contribution in [0.4, 0.5) is 34.1 Å². The molecule has 1 heterocycles. The van der Waals surface area contributed by atoms with Gasteiger partial charge in [-0.05, 0) is 78.2 Å². The van der Waals surface area contributed by atoms with Crippen molar-refractivity contribution >= 4 is 76.4 Å². The quantitative estimate of drug-likeness (QED) is 0.197. The minimum absolute atomic E-state index is 1.14. The molecule has 2 nitrogen and oxygen atoms in total. The van der Waals surface area contributed by atoms with Crippen molar-refractivity contribution in [3.63, 3.8) is 0 Å². The van der Waals surface area contributed by atoms with Gasteiger partial charge in [0, 0.05) is 54.0 Å². The van der Waals surface area contributed by atoms with Gasteiger partial charge in [0.05, 0.1) is 5.69 Å². The van der Waals surface area contributed by atoms with Gasteiger partial charge in [0.1, 0.15) is 0 Å². The zero-order valence-corrected chi connectivity index (χ0v) is 24.3. The fourth-order valence-electron chi connectivity index (χ4n) is 6.04. The first kappa shape index (κ1) is 25.3. The van der Waals surface area contributed by atoms with E-state index < -0.39 is 0 Å². The Morgan fingerprint density at radius 2 is 0.884 bits per heavy atom. The molecule has 0 atom stereocenters. The summed E-state index contributed by atoms with van der Waals surface area (Å²) in [6.45, 7) is 0. The third kappa shape index (κ3) is 4.61. The largest absolute Gasteiger partial charge is 0.310 e. The van der Waals surface area contributed by atoms with Gasteiger partial charge in [0.15, 0.2) is 0 Å². The van der Waals surface area contributed by atoms with Crippen LogP contribution in [0.15, 0.2) is 170 Å². The normalized spacial score (nSPS) is 11.3. The first-order chi connectivity index (χ1) is 21.3. The van der Waals surface area contributed by atoms with Crippen molar-refractivity contribution in [2.24, 2.45) is 0 Å². The molecule has 0 saturated carbocycles. The SMILES string of the molecule is c1ccc(N(c2ccccc2)c2ccc3sc4cc(N(c5ccccc5)c5cccc6ccccc56)ccc4c3c2)cc1. The first-order valence-electron chi connectivity index (χ1n) is 14.5. The van der Waals surface area contributed by atoms with Crippen molar-refractivity contribution in [2.45, 2.75) is 0 Å². The molecule has 0 saturated heterocycles. The number of thiophene rings is 1. The smallest absolute Gasteiger partial charge is 0.0540 e. The van der Waals surface area contributed by atoms with Crippen molar-refractivity contribution < 1.29 is 0 Å². The summed E-state index contributed by atoms with van der Waals surface area (Å²) >= 11 is 1.85. The predicted octanol–water partition coefficient (Wildman–Crippen LogP) is 12.1. The topological polar surface area (TPSA) is 6.48 Å². The van der Waals surface area contributed by atoms with Gasteiger partial charge in [-0.1, -0.05) is 97.1 Å². The van der Waals surface area contributed by atoms with E-state index >= 15 is 0 Å². The molecule has 1 aromatic heterocycles. The lowest BCUT2D eigenvalue weighted by Gasteiger charge is -2.27. The summed E-state index contributed by atoms with van der Waals surface area (Å²) in [5, 5.41) is 5.02. The van der Waals surface area contributed by atoms with Gasteiger partial charge in [0.25, 0.3) is 0 Å². The van der Waals surface area contributed by atoms with Crippen LogP contribution < -0.4 is 9.80 Å². The summed E-state index contributed by atoms with van der Waals surface area (Å²) in [6, 6.07) is 60.8. The fraction of sp³-hybridized carbons (Fsp3) is 0. The van der Waals surface area contributed by atoms with E-state index in [9.17, 15) is 0 Å². The average molecular weight is 569 g/mol. The standard InChI is InChI=1S/C40H28N2S/c1-4-15-30(16-5-1)41(31-17-6-2-7-18-31)33-24-26-39-37(27-33)36-25-23-34(28-40(36)43-39)42(32-19-8-3-9-20-32)38-22-12-14-29-13-10-11-21-35(29)38/h1-28H. The van der Waals surface area contributed by atoms with Crippen LogP contribution in [0.3, 0.4) is 0 Å². The summed E-state index contributed by atoms with van der Waals surface area (Å²) in [7, 11) is 0. The second-order valence-electron chi connectivity index (χ2n) is 10.6. The van der Waals surface area contributed by atoms with E-state index in [4.69, 9.17) is 0 Å². The van der Waals surface area contributed by atoms with Crippen LogP contribution in [0.2, 0.25) is 0 Å². The van der Waals surface area contributed by atoms with Gasteiger partial charge in [0.2, 0.25) is 0 Å². The number of nitrogens with zero attached hydrogens (tertiary/aromatic N) is 2. The Morgan fingerprint density at radius 3 is 1.58 bits per heavy atom. The Labute approximate surface area is 255 Å². The first-order valence-corrected chi connectivity index (χ1v) is 15.3. The maximum Gasteiger partial charge on any atom is 0.0540 e. The zero-order chi connectivity index (χ0) is 28.6. The highest BCUT2D eigenvalue weighted by atomic mass is 32.1. The van der Waals surface area contributed by atoms with Crippen LogP contribution in [0.5, 0.6) is 0 Å². The number of rotatable bonds is 6. The molecular weight excluding hydrogens is 541 g/mol. The van der Waals surface area contributed by atoms with Crippen LogP contribution in [0.25, 0.3) is 30.9 Å². The molecule has 7 aromatic carbocycles. The number of hydrogen-bond donors (Lipinski definition) is 0. The van der Waals surface area contributed by atoms with Crippen molar-refractivity contribution in [3.05, 3.63) is 170 Å². The number of benzene rings is 7. The molecule has 0 spiro atoms. The number of anilines is 6. The van der Waals surface area contributed by atoms with Gasteiger partial charge in [-0.3, -0.25) is 0 Å². The van der Waals surface area contributed by atoms with Crippen LogP contribution in [-0.2, 0) is 0 Å². The van der Waals surface area contributed by atoms with Crippen LogP contribution in [0.1, 0.15) is 0 Å². The molecule has 204 valence electrons. The van der Waals surface area contributed by atoms with E-state index in [1.165, 1.54) is 36.6 Å². The lowest BCUT2D eigenvalue weighted by Crippen LogP contribution is -2.10. The number of fused-ring (bicyclic) bond motifs is 4. The Balaban J connectivity index is 1.28. The molecule has 0 aliphatic heterocycles. The Hall–Kier alpha value is -5.38. The number of para-hydroxylation sites is 3. The average Bonchev–Trinajstić information content (AvgIpc) is 3.44. The molecule has 0 aliphatic carbocycles. The molecule has 0 amide bonds. The third-order valence-electron chi connectivity index (χ3n) is 8.01. The molecule has 0 N–H and O–H groups in total. The second kappa shape index (κ2) is 10.8. The Bertz CT molecular complexity index is 2140. The highest BCUT2D eigenvalue weighted by Crippen LogP contribution is 2.44. The monoisotopic (exact) mass is 568 g/mol. The Morgan fingerprint density at radius 1 is 0.326 bits per heavy atom. The van der Waals surface area contributed by atoms with Crippen LogP contribution in [0, 0.1) is 0 Å². The molecule has 43 heavy (non-hydrogen) atoms. The fourth-order valence-corrected chi connectivity index (χ4v) is 7.16. The molecule has 8 rings (SSSR count). The lowest BCUT2D eigenvalue weighted by molar-refractivity contribution is 1.29. The van der Waals surface area contributed by atoms with E-state index in [0.717, 1.165) is 28.4 Å². The molecule has 0 radical (unpaired) electrons. The summed E-state index contributed by atoms with van der Waals surface area (Å²) in [5.41, 5.74) is 6.90. The maximum atomic E-state index is 2.38. The highest BCUT2D eigenvalue weighted by Gasteiger charge is 2.18. The van der Waals surface area contributed by atoms with E-state index in [2.05, 4.69) is 180 Å². The van der Waals surface area contributed by atoms with Gasteiger partial charge < -0.3 is 9.80 Å². The summed E-state index contributed by atoms with van der Waals surface area (Å²) in [4.78, 5) is 4.71. The predicted molar refractivity (Wildman–Crippen MR) is 186 cm³/mol. The maximum absolute atomic E-state index is 2.38. The summed E-state index contributed by atoms with van der Waals surface area (Å²) in [6.07, 6.45) is 0. The molecule has 8 aromatic rings. The molecule has 0 aliphatic rings. The third-order valence-corrected chi connectivity index (χ3v) is 9.14. The van der Waals surface area contributed by atoms with Crippen LogP contribution in [-0.4, -0.2) is 0 Å². The highest BCUT2D eigenvalue weighted by molar-refractivity contribution is 7.25. The molecule has 0 fully saturated rings. The van der Waals surface area contributed by atoms with Crippen LogP contribution >= 0.6 is 11.3 Å². The number of hydrogen-bond acceptors (Lipinski definition) is 3.